The molecule has 0 aliphatic carbocycles. The Morgan fingerprint density at radius 1 is 1.44 bits per heavy atom. The molecule has 0 saturated carbocycles. The number of carbonyl (C=O) groups is 1. The maximum absolute atomic E-state index is 11.0. The van der Waals surface area contributed by atoms with Crippen LogP contribution in [0, 0.1) is 6.92 Å². The lowest BCUT2D eigenvalue weighted by atomic mass is 10.2. The number of carboxylic acids is 1. The summed E-state index contributed by atoms with van der Waals surface area (Å²) < 4.78 is 0. The highest BCUT2D eigenvalue weighted by Crippen LogP contribution is 2.28. The van der Waals surface area contributed by atoms with Gasteiger partial charge in [-0.2, -0.15) is 0 Å². The molecule has 1 aromatic carbocycles. The molecule has 6 heteroatoms. The van der Waals surface area contributed by atoms with Gasteiger partial charge >= 0.3 is 5.97 Å². The van der Waals surface area contributed by atoms with Crippen LogP contribution in [0.1, 0.15) is 15.9 Å². The van der Waals surface area contributed by atoms with Crippen molar-refractivity contribution in [1.82, 2.24) is 9.97 Å². The van der Waals surface area contributed by atoms with Crippen LogP contribution >= 0.6 is 11.6 Å². The normalized spacial score (nSPS) is 10.1. The minimum Gasteiger partial charge on any atom is -0.477 e. The Bertz CT molecular complexity index is 602. The molecule has 0 bridgehead atoms. The van der Waals surface area contributed by atoms with Crippen LogP contribution in [0.5, 0.6) is 0 Å². The molecule has 5 nitrogen and oxygen atoms in total. The fourth-order valence-corrected chi connectivity index (χ4v) is 1.63. The number of nitrogens with zero attached hydrogens (tertiary/aromatic N) is 2. The Morgan fingerprint density at radius 2 is 2.22 bits per heavy atom. The Morgan fingerprint density at radius 3 is 2.94 bits per heavy atom. The maximum atomic E-state index is 11.0. The number of hydrogen-bond donors (Lipinski definition) is 2. The van der Waals surface area contributed by atoms with Gasteiger partial charge in [0, 0.05) is 6.20 Å². The summed E-state index contributed by atoms with van der Waals surface area (Å²) in [6.45, 7) is 1.87. The monoisotopic (exact) mass is 263 g/mol. The molecule has 1 heterocycles. The van der Waals surface area contributed by atoms with Crippen LogP contribution in [0.15, 0.2) is 30.7 Å². The number of anilines is 2. The van der Waals surface area contributed by atoms with Crippen LogP contribution in [0.3, 0.4) is 0 Å². The number of nitrogens with one attached hydrogen (secondary N) is 1. The second-order valence-corrected chi connectivity index (χ2v) is 4.03. The quantitative estimate of drug-likeness (QED) is 0.891. The molecule has 0 amide bonds. The molecule has 2 aromatic rings. The van der Waals surface area contributed by atoms with Gasteiger partial charge in [0.1, 0.15) is 17.7 Å². The number of halogens is 1. The van der Waals surface area contributed by atoms with Crippen LogP contribution in [-0.4, -0.2) is 21.0 Å². The lowest BCUT2D eigenvalue weighted by molar-refractivity contribution is 0.0697. The van der Waals surface area contributed by atoms with E-state index in [1.807, 2.05) is 19.1 Å². The first-order valence-electron chi connectivity index (χ1n) is 5.15. The second kappa shape index (κ2) is 5.01. The zero-order chi connectivity index (χ0) is 13.1. The fourth-order valence-electron chi connectivity index (χ4n) is 1.46. The smallest absolute Gasteiger partial charge is 0.341 e. The van der Waals surface area contributed by atoms with Crippen molar-refractivity contribution in [2.45, 2.75) is 6.92 Å². The van der Waals surface area contributed by atoms with Crippen molar-refractivity contribution >= 4 is 29.1 Å². The third kappa shape index (κ3) is 2.41. The van der Waals surface area contributed by atoms with E-state index in [0.717, 1.165) is 5.56 Å². The molecule has 2 rings (SSSR count). The fraction of sp³-hybridized carbons (Fsp3) is 0.0833. The van der Waals surface area contributed by atoms with Crippen LogP contribution in [-0.2, 0) is 0 Å². The Balaban J connectivity index is 2.40. The molecule has 18 heavy (non-hydrogen) atoms. The molecule has 0 atom stereocenters. The SMILES string of the molecule is Cc1cccc(Nc2ncncc2C(=O)O)c1Cl. The van der Waals surface area contributed by atoms with Gasteiger partial charge in [0.15, 0.2) is 0 Å². The highest BCUT2D eigenvalue weighted by atomic mass is 35.5. The zero-order valence-electron chi connectivity index (χ0n) is 9.51. The first-order chi connectivity index (χ1) is 8.59. The van der Waals surface area contributed by atoms with Gasteiger partial charge in [-0.1, -0.05) is 23.7 Å². The van der Waals surface area contributed by atoms with Crippen molar-refractivity contribution in [3.8, 4) is 0 Å². The topological polar surface area (TPSA) is 75.1 Å². The largest absolute Gasteiger partial charge is 0.477 e. The summed E-state index contributed by atoms with van der Waals surface area (Å²) in [6.07, 6.45) is 2.51. The summed E-state index contributed by atoms with van der Waals surface area (Å²) in [5.41, 5.74) is 1.50. The van der Waals surface area contributed by atoms with Gasteiger partial charge < -0.3 is 10.4 Å². The number of rotatable bonds is 3. The van der Waals surface area contributed by atoms with E-state index in [0.29, 0.717) is 10.7 Å². The van der Waals surface area contributed by atoms with E-state index >= 15 is 0 Å². The third-order valence-electron chi connectivity index (χ3n) is 2.39. The zero-order valence-corrected chi connectivity index (χ0v) is 10.3. The minimum atomic E-state index is -1.10. The van der Waals surface area contributed by atoms with Crippen LogP contribution in [0.2, 0.25) is 5.02 Å². The number of benzene rings is 1. The van der Waals surface area contributed by atoms with Crippen LogP contribution in [0.4, 0.5) is 11.5 Å². The van der Waals surface area contributed by atoms with E-state index in [1.54, 1.807) is 6.07 Å². The van der Waals surface area contributed by atoms with Crippen molar-refractivity contribution in [3.05, 3.63) is 46.9 Å². The van der Waals surface area contributed by atoms with Gasteiger partial charge in [-0.25, -0.2) is 14.8 Å². The summed E-state index contributed by atoms with van der Waals surface area (Å²) in [5.74, 6) is -0.883. The molecule has 0 aliphatic rings. The first kappa shape index (κ1) is 12.3. The number of aromatic nitrogens is 2. The lowest BCUT2D eigenvalue weighted by Gasteiger charge is -2.10. The van der Waals surface area contributed by atoms with Gasteiger partial charge in [-0.3, -0.25) is 0 Å². The molecular weight excluding hydrogens is 254 g/mol. The lowest BCUT2D eigenvalue weighted by Crippen LogP contribution is -2.05. The van der Waals surface area contributed by atoms with E-state index in [-0.39, 0.29) is 11.4 Å². The highest BCUT2D eigenvalue weighted by molar-refractivity contribution is 6.34. The van der Waals surface area contributed by atoms with E-state index < -0.39 is 5.97 Å². The molecule has 0 spiro atoms. The third-order valence-corrected chi connectivity index (χ3v) is 2.89. The number of aromatic carboxylic acids is 1. The molecule has 0 fully saturated rings. The maximum Gasteiger partial charge on any atom is 0.341 e. The van der Waals surface area contributed by atoms with E-state index in [4.69, 9.17) is 16.7 Å². The minimum absolute atomic E-state index is 0.00456. The number of hydrogen-bond acceptors (Lipinski definition) is 4. The first-order valence-corrected chi connectivity index (χ1v) is 5.53. The van der Waals surface area contributed by atoms with E-state index in [1.165, 1.54) is 12.5 Å². The van der Waals surface area contributed by atoms with Crippen LogP contribution in [0.25, 0.3) is 0 Å². The molecule has 0 unspecified atom stereocenters. The van der Waals surface area contributed by atoms with Crippen molar-refractivity contribution in [2.75, 3.05) is 5.32 Å². The van der Waals surface area contributed by atoms with Gasteiger partial charge in [0.25, 0.3) is 0 Å². The summed E-state index contributed by atoms with van der Waals surface area (Å²) in [7, 11) is 0. The average Bonchev–Trinajstić information content (AvgIpc) is 2.35. The summed E-state index contributed by atoms with van der Waals surface area (Å²) >= 11 is 6.12. The predicted octanol–water partition coefficient (Wildman–Crippen LogP) is 2.88. The second-order valence-electron chi connectivity index (χ2n) is 3.65. The van der Waals surface area contributed by atoms with E-state index in [2.05, 4.69) is 15.3 Å². The van der Waals surface area contributed by atoms with Crippen molar-refractivity contribution < 1.29 is 9.90 Å². The van der Waals surface area contributed by atoms with Crippen molar-refractivity contribution in [1.29, 1.82) is 0 Å². The molecule has 1 aromatic heterocycles. The molecular formula is C12H10ClN3O2. The standard InChI is InChI=1S/C12H10ClN3O2/c1-7-3-2-4-9(10(7)13)16-11-8(12(17)18)5-14-6-15-11/h2-6H,1H3,(H,17,18)(H,14,15,16). The van der Waals surface area contributed by atoms with Crippen molar-refractivity contribution in [2.24, 2.45) is 0 Å². The Labute approximate surface area is 108 Å². The highest BCUT2D eigenvalue weighted by Gasteiger charge is 2.12. The van der Waals surface area contributed by atoms with Gasteiger partial charge in [0.2, 0.25) is 0 Å². The summed E-state index contributed by atoms with van der Waals surface area (Å²) in [5, 5.41) is 12.4. The van der Waals surface area contributed by atoms with Crippen LogP contribution < -0.4 is 5.32 Å². The Kier molecular flexibility index (Phi) is 3.43. The average molecular weight is 264 g/mol. The predicted molar refractivity (Wildman–Crippen MR) is 68.5 cm³/mol. The summed E-state index contributed by atoms with van der Waals surface area (Å²) in [4.78, 5) is 18.6. The Hall–Kier alpha value is -2.14. The molecule has 0 saturated heterocycles. The van der Waals surface area contributed by atoms with Crippen molar-refractivity contribution in [3.63, 3.8) is 0 Å². The van der Waals surface area contributed by atoms with E-state index in [9.17, 15) is 4.79 Å². The van der Waals surface area contributed by atoms with Gasteiger partial charge in [0.05, 0.1) is 10.7 Å². The molecule has 2 N–H and O–H groups in total. The van der Waals surface area contributed by atoms with Gasteiger partial charge in [-0.05, 0) is 18.6 Å². The molecule has 92 valence electrons. The molecule has 0 aliphatic heterocycles. The van der Waals surface area contributed by atoms with Gasteiger partial charge in [-0.15, -0.1) is 0 Å². The number of aryl methyl sites for hydroxylation is 1. The number of carboxylic acid groups (broad SMARTS) is 1. The summed E-state index contributed by atoms with van der Waals surface area (Å²) in [6, 6.07) is 5.44. The molecule has 0 radical (unpaired) electrons.